The van der Waals surface area contributed by atoms with Crippen LogP contribution < -0.4 is 9.47 Å². The molecule has 10 heteroatoms. The third kappa shape index (κ3) is 5.09. The molecule has 0 radical (unpaired) electrons. The first kappa shape index (κ1) is 28.8. The maximum Gasteiger partial charge on any atom is 0.174 e. The number of ketones is 1. The van der Waals surface area contributed by atoms with E-state index in [2.05, 4.69) is 0 Å². The second kappa shape index (κ2) is 11.1. The Morgan fingerprint density at radius 2 is 1.50 bits per heavy atom. The number of fused-ring (bicyclic) bond motifs is 2. The minimum atomic E-state index is -1.01. The van der Waals surface area contributed by atoms with Gasteiger partial charge < -0.3 is 45.2 Å². The number of ether oxygens (including phenoxy) is 2. The average Bonchev–Trinajstić information content (AvgIpc) is 3.33. The second-order valence-electron chi connectivity index (χ2n) is 11.1. The molecule has 0 aliphatic carbocycles. The smallest absolute Gasteiger partial charge is 0.174 e. The Balaban J connectivity index is 1.45. The number of phenols is 6. The highest BCUT2D eigenvalue weighted by atomic mass is 16.5. The molecule has 2 aliphatic heterocycles. The standard InChI is InChI=1S/C34H30O10/c1-16(15-35)2-7-22-25(39)12-27(41)32-28(42)14-29(44-34(22)32)23-11-24-30(13-26(23)40)43-33(17-3-5-19(36)6-4-17)31(24)18-8-20(37)10-21(38)9-18/h2-6,8-13,29,31,33,35-41H,7,14-15H2,1H3/b16-2+/t29-,31+,33-/m0/s1. The summed E-state index contributed by atoms with van der Waals surface area (Å²) in [4.78, 5) is 13.4. The zero-order chi connectivity index (χ0) is 31.3. The van der Waals surface area contributed by atoms with Gasteiger partial charge in [0, 0.05) is 34.9 Å². The molecule has 0 bridgehead atoms. The van der Waals surface area contributed by atoms with Gasteiger partial charge in [0.25, 0.3) is 0 Å². The molecule has 226 valence electrons. The summed E-state index contributed by atoms with van der Waals surface area (Å²) >= 11 is 0. The molecular weight excluding hydrogens is 568 g/mol. The number of aromatic hydroxyl groups is 6. The molecule has 0 saturated carbocycles. The van der Waals surface area contributed by atoms with Gasteiger partial charge in [-0.1, -0.05) is 23.8 Å². The maximum absolute atomic E-state index is 13.4. The van der Waals surface area contributed by atoms with E-state index in [0.29, 0.717) is 28.0 Å². The van der Waals surface area contributed by atoms with E-state index < -0.39 is 29.7 Å². The highest BCUT2D eigenvalue weighted by Crippen LogP contribution is 2.54. The quantitative estimate of drug-likeness (QED) is 0.143. The number of Topliss-reactive ketones (excluding diaryl/α,β-unsaturated/α-hetero) is 1. The van der Waals surface area contributed by atoms with Crippen molar-refractivity contribution in [1.29, 1.82) is 0 Å². The number of allylic oxidation sites excluding steroid dienone is 1. The first-order valence-corrected chi connectivity index (χ1v) is 13.9. The van der Waals surface area contributed by atoms with Crippen molar-refractivity contribution in [1.82, 2.24) is 0 Å². The number of carbonyl (C=O) groups excluding carboxylic acids is 1. The number of rotatable bonds is 6. The minimum Gasteiger partial charge on any atom is -0.508 e. The van der Waals surface area contributed by atoms with E-state index in [0.717, 1.165) is 6.07 Å². The number of aliphatic hydroxyl groups is 1. The van der Waals surface area contributed by atoms with Crippen LogP contribution in [0.1, 0.15) is 69.6 Å². The SMILES string of the molecule is C/C(=C\Cc1c(O)cc(O)c2c1O[C@H](c1cc3c(cc1O)O[C@@H](c1ccc(O)cc1)[C@@H]3c1cc(O)cc(O)c1)CC2=O)CO. The van der Waals surface area contributed by atoms with E-state index in [1.807, 2.05) is 0 Å². The summed E-state index contributed by atoms with van der Waals surface area (Å²) in [5, 5.41) is 72.2. The molecule has 0 unspecified atom stereocenters. The molecule has 0 aromatic heterocycles. The average molecular weight is 599 g/mol. The molecule has 2 heterocycles. The van der Waals surface area contributed by atoms with E-state index in [-0.39, 0.29) is 70.6 Å². The molecule has 4 aromatic carbocycles. The van der Waals surface area contributed by atoms with Crippen molar-refractivity contribution in [3.8, 4) is 46.0 Å². The number of hydrogen-bond donors (Lipinski definition) is 7. The maximum atomic E-state index is 13.4. The molecule has 6 rings (SSSR count). The molecule has 2 aliphatic rings. The fraction of sp³-hybridized carbons (Fsp3) is 0.206. The van der Waals surface area contributed by atoms with Gasteiger partial charge >= 0.3 is 0 Å². The number of phenolic OH excluding ortho intramolecular Hbond substituents is 6. The Morgan fingerprint density at radius 1 is 0.795 bits per heavy atom. The van der Waals surface area contributed by atoms with Gasteiger partial charge in [-0.15, -0.1) is 0 Å². The van der Waals surface area contributed by atoms with Crippen molar-refractivity contribution in [2.75, 3.05) is 6.61 Å². The van der Waals surface area contributed by atoms with Crippen LogP contribution >= 0.6 is 0 Å². The lowest BCUT2D eigenvalue weighted by Gasteiger charge is -2.29. The van der Waals surface area contributed by atoms with E-state index in [4.69, 9.17) is 9.47 Å². The summed E-state index contributed by atoms with van der Waals surface area (Å²) < 4.78 is 12.5. The Morgan fingerprint density at radius 3 is 2.18 bits per heavy atom. The zero-order valence-corrected chi connectivity index (χ0v) is 23.6. The molecular formula is C34H30O10. The second-order valence-corrected chi connectivity index (χ2v) is 11.1. The lowest BCUT2D eigenvalue weighted by atomic mass is 9.83. The van der Waals surface area contributed by atoms with E-state index >= 15 is 0 Å². The van der Waals surface area contributed by atoms with Crippen LogP contribution in [0.2, 0.25) is 0 Å². The Labute approximate surface area is 251 Å². The normalized spacial score (nSPS) is 19.2. The summed E-state index contributed by atoms with van der Waals surface area (Å²) in [6.07, 6.45) is -0.107. The molecule has 0 amide bonds. The molecule has 0 spiro atoms. The molecule has 7 N–H and O–H groups in total. The Hall–Kier alpha value is -5.35. The van der Waals surface area contributed by atoms with Crippen LogP contribution in [0.15, 0.2) is 72.3 Å². The van der Waals surface area contributed by atoms with Gasteiger partial charge in [-0.25, -0.2) is 0 Å². The van der Waals surface area contributed by atoms with Crippen molar-refractivity contribution in [2.24, 2.45) is 0 Å². The number of aliphatic hydroxyl groups excluding tert-OH is 1. The lowest BCUT2D eigenvalue weighted by Crippen LogP contribution is -2.22. The van der Waals surface area contributed by atoms with Gasteiger partial charge in [-0.3, -0.25) is 4.79 Å². The molecule has 4 aromatic rings. The summed E-state index contributed by atoms with van der Waals surface area (Å²) in [5.41, 5.74) is 2.85. The fourth-order valence-corrected chi connectivity index (χ4v) is 5.89. The van der Waals surface area contributed by atoms with Crippen molar-refractivity contribution in [3.05, 3.63) is 106 Å². The lowest BCUT2D eigenvalue weighted by molar-refractivity contribution is 0.0839. The van der Waals surface area contributed by atoms with Crippen LogP contribution in [0.5, 0.6) is 46.0 Å². The summed E-state index contributed by atoms with van der Waals surface area (Å²) in [7, 11) is 0. The van der Waals surface area contributed by atoms with E-state index in [9.17, 15) is 40.5 Å². The van der Waals surface area contributed by atoms with Gasteiger partial charge in [0.05, 0.1) is 18.9 Å². The van der Waals surface area contributed by atoms with Crippen molar-refractivity contribution < 1.29 is 50.0 Å². The van der Waals surface area contributed by atoms with Crippen molar-refractivity contribution >= 4 is 5.78 Å². The van der Waals surface area contributed by atoms with Crippen molar-refractivity contribution in [3.63, 3.8) is 0 Å². The third-order valence-corrected chi connectivity index (χ3v) is 8.06. The zero-order valence-electron chi connectivity index (χ0n) is 23.6. The van der Waals surface area contributed by atoms with Crippen LogP contribution in [0, 0.1) is 0 Å². The topological polar surface area (TPSA) is 177 Å². The van der Waals surface area contributed by atoms with Gasteiger partial charge in [0.2, 0.25) is 0 Å². The first-order chi connectivity index (χ1) is 21.0. The minimum absolute atomic E-state index is 0.0155. The fourth-order valence-electron chi connectivity index (χ4n) is 5.89. The van der Waals surface area contributed by atoms with Crippen LogP contribution in [0.3, 0.4) is 0 Å². The van der Waals surface area contributed by atoms with Crippen LogP contribution in [-0.2, 0) is 6.42 Å². The number of benzene rings is 4. The molecule has 0 fully saturated rings. The molecule has 0 saturated heterocycles. The monoisotopic (exact) mass is 598 g/mol. The molecule has 44 heavy (non-hydrogen) atoms. The molecule has 10 nitrogen and oxygen atoms in total. The number of carbonyl (C=O) groups is 1. The third-order valence-electron chi connectivity index (χ3n) is 8.06. The molecule has 3 atom stereocenters. The van der Waals surface area contributed by atoms with Crippen LogP contribution in [-0.4, -0.2) is 48.1 Å². The first-order valence-electron chi connectivity index (χ1n) is 13.9. The van der Waals surface area contributed by atoms with Gasteiger partial charge in [0.1, 0.15) is 63.8 Å². The predicted molar refractivity (Wildman–Crippen MR) is 158 cm³/mol. The predicted octanol–water partition coefficient (Wildman–Crippen LogP) is 5.37. The Kier molecular flexibility index (Phi) is 7.22. The van der Waals surface area contributed by atoms with E-state index in [1.54, 1.807) is 31.2 Å². The van der Waals surface area contributed by atoms with Gasteiger partial charge in [-0.2, -0.15) is 0 Å². The van der Waals surface area contributed by atoms with Crippen LogP contribution in [0.25, 0.3) is 0 Å². The van der Waals surface area contributed by atoms with Gasteiger partial charge in [0.15, 0.2) is 5.78 Å². The highest BCUT2D eigenvalue weighted by Gasteiger charge is 2.40. The van der Waals surface area contributed by atoms with Gasteiger partial charge in [-0.05, 0) is 54.8 Å². The summed E-state index contributed by atoms with van der Waals surface area (Å²) in [6, 6.07) is 14.8. The van der Waals surface area contributed by atoms with Crippen LogP contribution in [0.4, 0.5) is 0 Å². The summed E-state index contributed by atoms with van der Waals surface area (Å²) in [6.45, 7) is 1.51. The highest BCUT2D eigenvalue weighted by molar-refractivity contribution is 6.03. The Bertz CT molecular complexity index is 1790. The van der Waals surface area contributed by atoms with Crippen molar-refractivity contribution in [2.45, 2.75) is 37.9 Å². The number of hydrogen-bond acceptors (Lipinski definition) is 10. The van der Waals surface area contributed by atoms with E-state index in [1.165, 1.54) is 36.4 Å². The summed E-state index contributed by atoms with van der Waals surface area (Å²) in [5.74, 6) is -1.91. The largest absolute Gasteiger partial charge is 0.508 e.